The normalized spacial score (nSPS) is 19.7. The Kier molecular flexibility index (Phi) is 6.41. The third-order valence-electron chi connectivity index (χ3n) is 7.86. The Bertz CT molecular complexity index is 1810. The Labute approximate surface area is 232 Å². The number of hydrogen-bond acceptors (Lipinski definition) is 7. The first kappa shape index (κ1) is 26.1. The van der Waals surface area contributed by atoms with Crippen LogP contribution in [-0.2, 0) is 16.4 Å². The number of carbonyl (C=O) groups excluding carboxylic acids is 1. The minimum atomic E-state index is -3.31. The summed E-state index contributed by atoms with van der Waals surface area (Å²) in [7, 11) is -1.78. The molecule has 1 amide bonds. The summed E-state index contributed by atoms with van der Waals surface area (Å²) in [6.45, 7) is 4.16. The van der Waals surface area contributed by atoms with Crippen LogP contribution in [0.15, 0.2) is 69.9 Å². The number of nitrogens with zero attached hydrogens (tertiary/aromatic N) is 1. The number of ether oxygens (including phenoxy) is 2. The molecule has 9 heteroatoms. The van der Waals surface area contributed by atoms with Crippen molar-refractivity contribution in [2.24, 2.45) is 0 Å². The zero-order chi connectivity index (χ0) is 28.2. The zero-order valence-corrected chi connectivity index (χ0v) is 23.3. The van der Waals surface area contributed by atoms with Gasteiger partial charge in [-0.25, -0.2) is 8.42 Å². The molecule has 4 aromatic rings. The maximum atomic E-state index is 14.0. The van der Waals surface area contributed by atoms with Crippen molar-refractivity contribution in [3.05, 3.63) is 104 Å². The summed E-state index contributed by atoms with van der Waals surface area (Å²) in [6, 6.07) is 17.1. The molecule has 3 aromatic carbocycles. The average molecular weight is 560 g/mol. The van der Waals surface area contributed by atoms with Crippen molar-refractivity contribution in [2.75, 3.05) is 18.6 Å². The van der Waals surface area contributed by atoms with E-state index in [1.165, 1.54) is 12.0 Å². The first-order valence-corrected chi connectivity index (χ1v) is 14.9. The Hall–Kier alpha value is -4.11. The number of carbonyl (C=O) groups is 1. The van der Waals surface area contributed by atoms with Gasteiger partial charge in [-0.3, -0.25) is 9.59 Å². The van der Waals surface area contributed by atoms with Gasteiger partial charge < -0.3 is 18.8 Å². The second kappa shape index (κ2) is 9.82. The van der Waals surface area contributed by atoms with Crippen LogP contribution in [0.4, 0.5) is 0 Å². The number of aryl methyl sites for hydroxylation is 2. The molecule has 2 aliphatic heterocycles. The summed E-state index contributed by atoms with van der Waals surface area (Å²) in [4.78, 5) is 29.3. The second-order valence-electron chi connectivity index (χ2n) is 10.5. The fraction of sp³-hybridized carbons (Fsp3) is 0.290. The van der Waals surface area contributed by atoms with E-state index in [0.717, 1.165) is 16.7 Å². The van der Waals surface area contributed by atoms with Gasteiger partial charge in [-0.15, -0.1) is 0 Å². The van der Waals surface area contributed by atoms with Crippen LogP contribution in [0.2, 0.25) is 0 Å². The average Bonchev–Trinajstić information content (AvgIpc) is 3.45. The lowest BCUT2D eigenvalue weighted by Crippen LogP contribution is -2.40. The van der Waals surface area contributed by atoms with Crippen LogP contribution in [-0.4, -0.2) is 43.9 Å². The van der Waals surface area contributed by atoms with Crippen LogP contribution < -0.4 is 14.9 Å². The van der Waals surface area contributed by atoms with E-state index >= 15 is 0 Å². The van der Waals surface area contributed by atoms with E-state index in [-0.39, 0.29) is 28.3 Å². The molecule has 2 aliphatic rings. The van der Waals surface area contributed by atoms with Gasteiger partial charge in [0, 0.05) is 6.04 Å². The minimum absolute atomic E-state index is 0.0121. The van der Waals surface area contributed by atoms with Crippen LogP contribution in [0, 0.1) is 13.8 Å². The highest BCUT2D eigenvalue weighted by Gasteiger charge is 2.48. The number of methoxy groups -OCH3 is 1. The monoisotopic (exact) mass is 559 g/mol. The standard InChI is InChI=1S/C31H29NO7S/c1-18-13-23-25(14-19(18)2)39-30-27(29(23)33)28(32(31(30)34)22-11-12-40(35,36)17-22)21-9-10-24(26(15-21)37-3)38-16-20-7-5-4-6-8-20/h4-10,13-15,22,28H,11-12,16-17H2,1-3H3. The molecule has 0 bridgehead atoms. The number of rotatable bonds is 6. The van der Waals surface area contributed by atoms with Crippen molar-refractivity contribution in [2.45, 2.75) is 39.0 Å². The molecule has 1 fully saturated rings. The fourth-order valence-corrected chi connectivity index (χ4v) is 7.36. The van der Waals surface area contributed by atoms with Crippen molar-refractivity contribution in [3.63, 3.8) is 0 Å². The van der Waals surface area contributed by atoms with Gasteiger partial charge in [-0.2, -0.15) is 0 Å². The summed E-state index contributed by atoms with van der Waals surface area (Å²) < 4.78 is 42.6. The molecule has 0 N–H and O–H groups in total. The first-order valence-electron chi connectivity index (χ1n) is 13.1. The minimum Gasteiger partial charge on any atom is -0.493 e. The van der Waals surface area contributed by atoms with Crippen molar-refractivity contribution >= 4 is 26.7 Å². The van der Waals surface area contributed by atoms with Crippen molar-refractivity contribution in [1.29, 1.82) is 0 Å². The molecule has 3 heterocycles. The van der Waals surface area contributed by atoms with Crippen LogP contribution >= 0.6 is 0 Å². The summed E-state index contributed by atoms with van der Waals surface area (Å²) in [6.07, 6.45) is 0.292. The van der Waals surface area contributed by atoms with Crippen LogP contribution in [0.1, 0.15) is 50.8 Å². The predicted octanol–water partition coefficient (Wildman–Crippen LogP) is 4.73. The SMILES string of the molecule is COc1cc(C2c3c(oc4cc(C)c(C)cc4c3=O)C(=O)N2C2CCS(=O)(=O)C2)ccc1OCc1ccccc1. The van der Waals surface area contributed by atoms with Gasteiger partial charge in [0.2, 0.25) is 5.76 Å². The third kappa shape index (κ3) is 4.44. The smallest absolute Gasteiger partial charge is 0.291 e. The molecule has 0 radical (unpaired) electrons. The molecular formula is C31H29NO7S. The highest BCUT2D eigenvalue weighted by atomic mass is 32.2. The van der Waals surface area contributed by atoms with Gasteiger partial charge in [0.15, 0.2) is 26.8 Å². The highest BCUT2D eigenvalue weighted by molar-refractivity contribution is 7.91. The molecule has 1 aromatic heterocycles. The Morgan fingerprint density at radius 1 is 0.975 bits per heavy atom. The van der Waals surface area contributed by atoms with Gasteiger partial charge >= 0.3 is 0 Å². The molecule has 206 valence electrons. The van der Waals surface area contributed by atoms with E-state index in [1.54, 1.807) is 30.3 Å². The first-order chi connectivity index (χ1) is 19.2. The van der Waals surface area contributed by atoms with E-state index in [0.29, 0.717) is 41.1 Å². The van der Waals surface area contributed by atoms with Gasteiger partial charge in [0.1, 0.15) is 12.2 Å². The van der Waals surface area contributed by atoms with Gasteiger partial charge in [0.25, 0.3) is 5.91 Å². The quantitative estimate of drug-likeness (QED) is 0.337. The Morgan fingerprint density at radius 2 is 1.73 bits per heavy atom. The van der Waals surface area contributed by atoms with Gasteiger partial charge in [-0.05, 0) is 66.8 Å². The molecule has 2 atom stereocenters. The number of sulfone groups is 1. The predicted molar refractivity (Wildman–Crippen MR) is 151 cm³/mol. The second-order valence-corrected chi connectivity index (χ2v) is 12.7. The number of amides is 1. The van der Waals surface area contributed by atoms with E-state index in [4.69, 9.17) is 13.9 Å². The van der Waals surface area contributed by atoms with Crippen LogP contribution in [0.5, 0.6) is 11.5 Å². The molecule has 0 saturated carbocycles. The molecule has 8 nitrogen and oxygen atoms in total. The largest absolute Gasteiger partial charge is 0.493 e. The molecule has 2 unspecified atom stereocenters. The molecule has 1 saturated heterocycles. The lowest BCUT2D eigenvalue weighted by molar-refractivity contribution is 0.0662. The molecular weight excluding hydrogens is 530 g/mol. The molecule has 40 heavy (non-hydrogen) atoms. The number of fused-ring (bicyclic) bond motifs is 2. The van der Waals surface area contributed by atoms with Gasteiger partial charge in [0.05, 0.1) is 35.6 Å². The topological polar surface area (TPSA) is 103 Å². The van der Waals surface area contributed by atoms with E-state index < -0.39 is 27.8 Å². The van der Waals surface area contributed by atoms with Crippen LogP contribution in [0.3, 0.4) is 0 Å². The Morgan fingerprint density at radius 3 is 2.42 bits per heavy atom. The summed E-state index contributed by atoms with van der Waals surface area (Å²) in [5.74, 6) is 0.240. The lowest BCUT2D eigenvalue weighted by atomic mass is 9.96. The summed E-state index contributed by atoms with van der Waals surface area (Å²) >= 11 is 0. The highest BCUT2D eigenvalue weighted by Crippen LogP contribution is 2.43. The van der Waals surface area contributed by atoms with E-state index in [1.807, 2.05) is 44.2 Å². The molecule has 0 spiro atoms. The van der Waals surface area contributed by atoms with E-state index in [2.05, 4.69) is 0 Å². The summed E-state index contributed by atoms with van der Waals surface area (Å²) in [5, 5.41) is 0.385. The number of benzene rings is 3. The lowest BCUT2D eigenvalue weighted by Gasteiger charge is -2.30. The molecule has 0 aliphatic carbocycles. The van der Waals surface area contributed by atoms with Crippen molar-refractivity contribution < 1.29 is 27.1 Å². The Balaban J connectivity index is 1.48. The molecule has 6 rings (SSSR count). The summed E-state index contributed by atoms with van der Waals surface area (Å²) in [5.41, 5.74) is 3.72. The van der Waals surface area contributed by atoms with Crippen molar-refractivity contribution in [3.8, 4) is 11.5 Å². The third-order valence-corrected chi connectivity index (χ3v) is 9.61. The van der Waals surface area contributed by atoms with Crippen LogP contribution in [0.25, 0.3) is 11.0 Å². The fourth-order valence-electron chi connectivity index (χ4n) is 5.65. The maximum absolute atomic E-state index is 14.0. The van der Waals surface area contributed by atoms with E-state index in [9.17, 15) is 18.0 Å². The zero-order valence-electron chi connectivity index (χ0n) is 22.5. The van der Waals surface area contributed by atoms with Crippen molar-refractivity contribution in [1.82, 2.24) is 4.90 Å². The van der Waals surface area contributed by atoms with Gasteiger partial charge in [-0.1, -0.05) is 36.4 Å². The maximum Gasteiger partial charge on any atom is 0.291 e. The number of hydrogen-bond donors (Lipinski definition) is 0.